The van der Waals surface area contributed by atoms with Gasteiger partial charge in [-0.2, -0.15) is 0 Å². The molecule has 1 atom stereocenters. The highest BCUT2D eigenvalue weighted by Crippen LogP contribution is 2.32. The molecule has 8 heteroatoms. The monoisotopic (exact) mass is 304 g/mol. The van der Waals surface area contributed by atoms with Gasteiger partial charge in [0.1, 0.15) is 0 Å². The molecule has 1 heterocycles. The topological polar surface area (TPSA) is 113 Å². The van der Waals surface area contributed by atoms with Crippen molar-refractivity contribution in [3.05, 3.63) is 0 Å². The fourth-order valence-electron chi connectivity index (χ4n) is 3.06. The summed E-state index contributed by atoms with van der Waals surface area (Å²) < 4.78 is 22.7. The van der Waals surface area contributed by atoms with Crippen LogP contribution in [0.3, 0.4) is 0 Å². The van der Waals surface area contributed by atoms with E-state index in [0.717, 1.165) is 12.8 Å². The Morgan fingerprint density at radius 1 is 1.25 bits per heavy atom. The molecule has 3 N–H and O–H groups in total. The third-order valence-corrected chi connectivity index (χ3v) is 5.76. The molecule has 1 aliphatic heterocycles. The molecule has 1 unspecified atom stereocenters. The van der Waals surface area contributed by atoms with E-state index in [9.17, 15) is 18.0 Å². The summed E-state index contributed by atoms with van der Waals surface area (Å²) in [7, 11) is -3.04. The van der Waals surface area contributed by atoms with E-state index in [1.54, 1.807) is 0 Å². The largest absolute Gasteiger partial charge is 0.481 e. The highest BCUT2D eigenvalue weighted by molar-refractivity contribution is 7.91. The van der Waals surface area contributed by atoms with Crippen molar-refractivity contribution in [3.63, 3.8) is 0 Å². The first-order valence-corrected chi connectivity index (χ1v) is 8.63. The molecule has 2 rings (SSSR count). The lowest BCUT2D eigenvalue weighted by molar-refractivity contribution is -0.138. The number of urea groups is 1. The zero-order chi connectivity index (χ0) is 14.8. The van der Waals surface area contributed by atoms with Gasteiger partial charge in [-0.05, 0) is 19.3 Å². The van der Waals surface area contributed by atoms with Crippen molar-refractivity contribution < 1.29 is 23.1 Å². The van der Waals surface area contributed by atoms with Gasteiger partial charge in [-0.25, -0.2) is 13.2 Å². The van der Waals surface area contributed by atoms with Crippen molar-refractivity contribution in [1.29, 1.82) is 0 Å². The Hall–Kier alpha value is -1.31. The summed E-state index contributed by atoms with van der Waals surface area (Å²) in [6.45, 7) is 0. The Morgan fingerprint density at radius 2 is 1.90 bits per heavy atom. The molecule has 2 amide bonds. The zero-order valence-corrected chi connectivity index (χ0v) is 12.0. The second kappa shape index (κ2) is 5.59. The lowest BCUT2D eigenvalue weighted by atomic mass is 9.93. The highest BCUT2D eigenvalue weighted by Gasteiger charge is 2.38. The molecule has 0 spiro atoms. The Labute approximate surface area is 118 Å². The summed E-state index contributed by atoms with van der Waals surface area (Å²) in [5.74, 6) is -0.875. The van der Waals surface area contributed by atoms with Gasteiger partial charge in [0.15, 0.2) is 9.84 Å². The van der Waals surface area contributed by atoms with E-state index < -0.39 is 27.4 Å². The SMILES string of the molecule is O=C(O)CC1(NC(=O)NC2CCS(=O)(=O)C2)CCCC1. The molecule has 7 nitrogen and oxygen atoms in total. The van der Waals surface area contributed by atoms with Gasteiger partial charge in [-0.3, -0.25) is 4.79 Å². The van der Waals surface area contributed by atoms with Crippen LogP contribution < -0.4 is 10.6 Å². The normalized spacial score (nSPS) is 27.1. The van der Waals surface area contributed by atoms with Gasteiger partial charge in [-0.1, -0.05) is 12.8 Å². The van der Waals surface area contributed by atoms with Crippen LogP contribution in [-0.4, -0.2) is 48.6 Å². The summed E-state index contributed by atoms with van der Waals surface area (Å²) >= 11 is 0. The number of nitrogens with one attached hydrogen (secondary N) is 2. The smallest absolute Gasteiger partial charge is 0.315 e. The number of carboxylic acid groups (broad SMARTS) is 1. The quantitative estimate of drug-likeness (QED) is 0.689. The third-order valence-electron chi connectivity index (χ3n) is 4.00. The molecule has 0 aromatic carbocycles. The van der Waals surface area contributed by atoms with Crippen LogP contribution in [-0.2, 0) is 14.6 Å². The van der Waals surface area contributed by atoms with Crippen LogP contribution >= 0.6 is 0 Å². The van der Waals surface area contributed by atoms with E-state index in [0.29, 0.717) is 19.3 Å². The van der Waals surface area contributed by atoms with E-state index in [2.05, 4.69) is 10.6 Å². The van der Waals surface area contributed by atoms with Gasteiger partial charge in [-0.15, -0.1) is 0 Å². The molecule has 0 aromatic heterocycles. The van der Waals surface area contributed by atoms with Gasteiger partial charge in [0, 0.05) is 6.04 Å². The van der Waals surface area contributed by atoms with Gasteiger partial charge in [0.2, 0.25) is 0 Å². The number of sulfone groups is 1. The number of hydrogen-bond donors (Lipinski definition) is 3. The fourth-order valence-corrected chi connectivity index (χ4v) is 4.73. The van der Waals surface area contributed by atoms with E-state index in [1.165, 1.54) is 0 Å². The molecule has 0 bridgehead atoms. The molecule has 2 aliphatic rings. The van der Waals surface area contributed by atoms with E-state index in [1.807, 2.05) is 0 Å². The zero-order valence-electron chi connectivity index (χ0n) is 11.2. The van der Waals surface area contributed by atoms with Crippen molar-refractivity contribution in [2.24, 2.45) is 0 Å². The molecule has 1 saturated carbocycles. The van der Waals surface area contributed by atoms with Crippen molar-refractivity contribution in [1.82, 2.24) is 10.6 Å². The van der Waals surface area contributed by atoms with E-state index >= 15 is 0 Å². The standard InChI is InChI=1S/C12H20N2O5S/c15-10(16)7-12(4-1-2-5-12)14-11(17)13-9-3-6-20(18,19)8-9/h9H,1-8H2,(H,15,16)(H2,13,14,17). The summed E-state index contributed by atoms with van der Waals surface area (Å²) in [6, 6.07) is -0.835. The molecule has 1 saturated heterocycles. The number of carbonyl (C=O) groups is 2. The number of hydrogen-bond acceptors (Lipinski definition) is 4. The number of rotatable bonds is 4. The second-order valence-electron chi connectivity index (χ2n) is 5.76. The van der Waals surface area contributed by atoms with Crippen molar-refractivity contribution in [2.45, 2.75) is 50.1 Å². The Morgan fingerprint density at radius 3 is 2.40 bits per heavy atom. The van der Waals surface area contributed by atoms with Crippen LogP contribution in [0.4, 0.5) is 4.79 Å². The van der Waals surface area contributed by atoms with Gasteiger partial charge >= 0.3 is 12.0 Å². The van der Waals surface area contributed by atoms with Crippen LogP contribution in [0.5, 0.6) is 0 Å². The molecular formula is C12H20N2O5S. The number of carbonyl (C=O) groups excluding carboxylic acids is 1. The van der Waals surface area contributed by atoms with Crippen LogP contribution in [0.25, 0.3) is 0 Å². The summed E-state index contributed by atoms with van der Waals surface area (Å²) in [5.41, 5.74) is -0.687. The Bertz CT molecular complexity index is 496. The van der Waals surface area contributed by atoms with Crippen molar-refractivity contribution >= 4 is 21.8 Å². The maximum atomic E-state index is 11.9. The minimum Gasteiger partial charge on any atom is -0.481 e. The van der Waals surface area contributed by atoms with Gasteiger partial charge in [0.25, 0.3) is 0 Å². The lowest BCUT2D eigenvalue weighted by Crippen LogP contribution is -2.53. The summed E-state index contributed by atoms with van der Waals surface area (Å²) in [4.78, 5) is 22.9. The average molecular weight is 304 g/mol. The number of amides is 2. The number of carboxylic acids is 1. The Kier molecular flexibility index (Phi) is 4.22. The predicted octanol–water partition coefficient (Wildman–Crippen LogP) is 0.260. The molecule has 0 aromatic rings. The number of aliphatic carboxylic acids is 1. The lowest BCUT2D eigenvalue weighted by Gasteiger charge is -2.29. The minimum atomic E-state index is -3.04. The van der Waals surface area contributed by atoms with Crippen LogP contribution in [0, 0.1) is 0 Å². The Balaban J connectivity index is 1.91. The van der Waals surface area contributed by atoms with Gasteiger partial charge < -0.3 is 15.7 Å². The van der Waals surface area contributed by atoms with Crippen LogP contribution in [0.15, 0.2) is 0 Å². The van der Waals surface area contributed by atoms with E-state index in [-0.39, 0.29) is 24.0 Å². The first-order valence-electron chi connectivity index (χ1n) is 6.81. The van der Waals surface area contributed by atoms with Crippen molar-refractivity contribution in [3.8, 4) is 0 Å². The molecule has 1 aliphatic carbocycles. The summed E-state index contributed by atoms with van der Waals surface area (Å²) in [5, 5.41) is 14.3. The molecule has 2 fully saturated rings. The van der Waals surface area contributed by atoms with Crippen LogP contribution in [0.2, 0.25) is 0 Å². The summed E-state index contributed by atoms with van der Waals surface area (Å²) in [6.07, 6.45) is 3.41. The minimum absolute atomic E-state index is 0.0354. The second-order valence-corrected chi connectivity index (χ2v) is 7.99. The molecule has 0 radical (unpaired) electrons. The average Bonchev–Trinajstić information content (AvgIpc) is 2.85. The molecular weight excluding hydrogens is 284 g/mol. The van der Waals surface area contributed by atoms with Gasteiger partial charge in [0.05, 0.1) is 23.5 Å². The molecule has 114 valence electrons. The van der Waals surface area contributed by atoms with Crippen LogP contribution in [0.1, 0.15) is 38.5 Å². The first-order chi connectivity index (χ1) is 9.30. The highest BCUT2D eigenvalue weighted by atomic mass is 32.2. The maximum Gasteiger partial charge on any atom is 0.315 e. The van der Waals surface area contributed by atoms with Crippen molar-refractivity contribution in [2.75, 3.05) is 11.5 Å². The predicted molar refractivity (Wildman–Crippen MR) is 72.2 cm³/mol. The first kappa shape index (κ1) is 15.1. The third kappa shape index (κ3) is 3.84. The fraction of sp³-hybridized carbons (Fsp3) is 0.833. The van der Waals surface area contributed by atoms with E-state index in [4.69, 9.17) is 5.11 Å². The maximum absolute atomic E-state index is 11.9. The molecule has 20 heavy (non-hydrogen) atoms.